The van der Waals surface area contributed by atoms with Gasteiger partial charge in [-0.25, -0.2) is 9.97 Å². The van der Waals surface area contributed by atoms with Gasteiger partial charge in [0.1, 0.15) is 5.52 Å². The van der Waals surface area contributed by atoms with Crippen LogP contribution in [-0.4, -0.2) is 26.1 Å². The molecule has 2 heterocycles. The molecule has 6 nitrogen and oxygen atoms in total. The molecule has 0 unspecified atom stereocenters. The van der Waals surface area contributed by atoms with Gasteiger partial charge >= 0.3 is 0 Å². The Balaban J connectivity index is 2.81. The van der Waals surface area contributed by atoms with Crippen LogP contribution >= 0.6 is 0 Å². The van der Waals surface area contributed by atoms with Gasteiger partial charge in [-0.15, -0.1) is 0 Å². The first-order chi connectivity index (χ1) is 8.54. The maximum absolute atomic E-state index is 11.9. The molecule has 0 saturated heterocycles. The van der Waals surface area contributed by atoms with E-state index >= 15 is 0 Å². The maximum atomic E-state index is 11.9. The lowest BCUT2D eigenvalue weighted by Gasteiger charge is -2.13. The Kier molecular flexibility index (Phi) is 3.27. The summed E-state index contributed by atoms with van der Waals surface area (Å²) in [6, 6.07) is 0.0341. The Morgan fingerprint density at radius 1 is 1.39 bits per heavy atom. The minimum Gasteiger partial charge on any atom is -0.354 e. The van der Waals surface area contributed by atoms with Crippen molar-refractivity contribution < 1.29 is 0 Å². The van der Waals surface area contributed by atoms with Crippen LogP contribution in [0.2, 0.25) is 0 Å². The van der Waals surface area contributed by atoms with E-state index in [-0.39, 0.29) is 11.6 Å². The van der Waals surface area contributed by atoms with Gasteiger partial charge in [0.05, 0.1) is 11.9 Å². The van der Waals surface area contributed by atoms with Gasteiger partial charge in [0.25, 0.3) is 5.56 Å². The summed E-state index contributed by atoms with van der Waals surface area (Å²) in [5.74, 6) is 0.532. The third kappa shape index (κ3) is 2.05. The number of rotatable bonds is 3. The fourth-order valence-corrected chi connectivity index (χ4v) is 1.89. The molecule has 0 fully saturated rings. The third-order valence-corrected chi connectivity index (χ3v) is 2.66. The van der Waals surface area contributed by atoms with Crippen molar-refractivity contribution in [1.29, 1.82) is 0 Å². The van der Waals surface area contributed by atoms with Crippen LogP contribution in [0.15, 0.2) is 11.0 Å². The van der Waals surface area contributed by atoms with Crippen LogP contribution in [0.1, 0.15) is 32.5 Å². The van der Waals surface area contributed by atoms with Gasteiger partial charge in [-0.3, -0.25) is 9.36 Å². The van der Waals surface area contributed by atoms with Gasteiger partial charge in [0.2, 0.25) is 5.95 Å². The number of fused-ring (bicyclic) bond motifs is 1. The van der Waals surface area contributed by atoms with E-state index in [2.05, 4.69) is 20.3 Å². The lowest BCUT2D eigenvalue weighted by atomic mass is 10.3. The average Bonchev–Trinajstić information content (AvgIpc) is 2.28. The van der Waals surface area contributed by atoms with Crippen LogP contribution in [0, 0.1) is 6.92 Å². The van der Waals surface area contributed by atoms with Crippen LogP contribution < -0.4 is 10.9 Å². The Morgan fingerprint density at radius 3 is 2.72 bits per heavy atom. The van der Waals surface area contributed by atoms with Crippen molar-refractivity contribution in [3.05, 3.63) is 22.2 Å². The van der Waals surface area contributed by atoms with Crippen molar-refractivity contribution >= 4 is 17.1 Å². The zero-order valence-electron chi connectivity index (χ0n) is 11.1. The first kappa shape index (κ1) is 12.5. The van der Waals surface area contributed by atoms with E-state index in [1.54, 1.807) is 4.57 Å². The SMILES string of the molecule is CCNc1nc(C)c2ncc(=O)n(C(C)C)c2n1. The molecule has 0 aliphatic rings. The molecule has 2 aromatic heterocycles. The predicted octanol–water partition coefficient (Wildman–Crippen LogP) is 1.51. The second-order valence-corrected chi connectivity index (χ2v) is 4.40. The summed E-state index contributed by atoms with van der Waals surface area (Å²) in [6.07, 6.45) is 1.33. The lowest BCUT2D eigenvalue weighted by molar-refractivity contribution is 0.591. The van der Waals surface area contributed by atoms with E-state index in [1.807, 2.05) is 27.7 Å². The van der Waals surface area contributed by atoms with Gasteiger partial charge in [-0.05, 0) is 27.7 Å². The topological polar surface area (TPSA) is 72.7 Å². The Morgan fingerprint density at radius 2 is 2.11 bits per heavy atom. The summed E-state index contributed by atoms with van der Waals surface area (Å²) < 4.78 is 1.64. The first-order valence-corrected chi connectivity index (χ1v) is 6.04. The van der Waals surface area contributed by atoms with Gasteiger partial charge in [-0.2, -0.15) is 4.98 Å². The van der Waals surface area contributed by atoms with E-state index in [0.29, 0.717) is 17.1 Å². The molecular weight excluding hydrogens is 230 g/mol. The molecule has 2 aromatic rings. The second-order valence-electron chi connectivity index (χ2n) is 4.40. The summed E-state index contributed by atoms with van der Waals surface area (Å²) in [5.41, 5.74) is 1.88. The van der Waals surface area contributed by atoms with E-state index in [9.17, 15) is 4.79 Å². The van der Waals surface area contributed by atoms with Crippen LogP contribution in [0.4, 0.5) is 5.95 Å². The van der Waals surface area contributed by atoms with Crippen molar-refractivity contribution in [2.45, 2.75) is 33.7 Å². The Bertz CT molecular complexity index is 632. The molecule has 0 aromatic carbocycles. The molecular formula is C12H17N5O. The van der Waals surface area contributed by atoms with Crippen molar-refractivity contribution in [2.75, 3.05) is 11.9 Å². The van der Waals surface area contributed by atoms with E-state index in [4.69, 9.17) is 0 Å². The molecule has 6 heteroatoms. The fourth-order valence-electron chi connectivity index (χ4n) is 1.89. The molecule has 1 N–H and O–H groups in total. The lowest BCUT2D eigenvalue weighted by Crippen LogP contribution is -2.24. The fraction of sp³-hybridized carbons (Fsp3) is 0.500. The Labute approximate surface area is 105 Å². The number of aryl methyl sites for hydroxylation is 1. The third-order valence-electron chi connectivity index (χ3n) is 2.66. The molecule has 96 valence electrons. The molecule has 18 heavy (non-hydrogen) atoms. The summed E-state index contributed by atoms with van der Waals surface area (Å²) in [7, 11) is 0. The van der Waals surface area contributed by atoms with Gasteiger partial charge in [-0.1, -0.05) is 0 Å². The predicted molar refractivity (Wildman–Crippen MR) is 70.9 cm³/mol. The van der Waals surface area contributed by atoms with Crippen LogP contribution in [-0.2, 0) is 0 Å². The van der Waals surface area contributed by atoms with Crippen LogP contribution in [0.5, 0.6) is 0 Å². The number of hydrogen-bond acceptors (Lipinski definition) is 5. The van der Waals surface area contributed by atoms with Crippen molar-refractivity contribution in [3.8, 4) is 0 Å². The van der Waals surface area contributed by atoms with Crippen LogP contribution in [0.3, 0.4) is 0 Å². The molecule has 0 bridgehead atoms. The maximum Gasteiger partial charge on any atom is 0.270 e. The Hall–Kier alpha value is -1.98. The largest absolute Gasteiger partial charge is 0.354 e. The number of aromatic nitrogens is 4. The minimum absolute atomic E-state index is 0.0341. The van der Waals surface area contributed by atoms with Crippen LogP contribution in [0.25, 0.3) is 11.2 Å². The summed E-state index contributed by atoms with van der Waals surface area (Å²) in [6.45, 7) is 8.47. The molecule has 0 saturated carbocycles. The average molecular weight is 247 g/mol. The first-order valence-electron chi connectivity index (χ1n) is 6.04. The second kappa shape index (κ2) is 4.72. The summed E-state index contributed by atoms with van der Waals surface area (Å²) in [5, 5.41) is 3.06. The van der Waals surface area contributed by atoms with Crippen molar-refractivity contribution in [3.63, 3.8) is 0 Å². The quantitative estimate of drug-likeness (QED) is 0.890. The molecule has 0 atom stereocenters. The normalized spacial score (nSPS) is 11.2. The molecule has 0 aliphatic carbocycles. The summed E-state index contributed by atoms with van der Waals surface area (Å²) >= 11 is 0. The molecule has 0 spiro atoms. The van der Waals surface area contributed by atoms with Crippen molar-refractivity contribution in [2.24, 2.45) is 0 Å². The summed E-state index contributed by atoms with van der Waals surface area (Å²) in [4.78, 5) is 24.7. The number of anilines is 1. The highest BCUT2D eigenvalue weighted by Crippen LogP contribution is 2.15. The molecule has 0 radical (unpaired) electrons. The smallest absolute Gasteiger partial charge is 0.270 e. The molecule has 0 amide bonds. The minimum atomic E-state index is -0.141. The standard InChI is InChI=1S/C12H17N5O/c1-5-13-12-15-8(4)10-11(16-12)17(7(2)3)9(18)6-14-10/h6-7H,5H2,1-4H3,(H,13,15,16). The van der Waals surface area contributed by atoms with Gasteiger partial charge in [0.15, 0.2) is 5.65 Å². The molecule has 2 rings (SSSR count). The highest BCUT2D eigenvalue weighted by Gasteiger charge is 2.12. The highest BCUT2D eigenvalue weighted by molar-refractivity contribution is 5.73. The molecule has 0 aliphatic heterocycles. The highest BCUT2D eigenvalue weighted by atomic mass is 16.1. The van der Waals surface area contributed by atoms with Crippen molar-refractivity contribution in [1.82, 2.24) is 19.5 Å². The van der Waals surface area contributed by atoms with Gasteiger partial charge in [0, 0.05) is 12.6 Å². The number of nitrogens with one attached hydrogen (secondary N) is 1. The number of nitrogens with zero attached hydrogens (tertiary/aromatic N) is 4. The van der Waals surface area contributed by atoms with E-state index in [1.165, 1.54) is 6.20 Å². The number of hydrogen-bond donors (Lipinski definition) is 1. The zero-order valence-corrected chi connectivity index (χ0v) is 11.1. The zero-order chi connectivity index (χ0) is 13.3. The van der Waals surface area contributed by atoms with Gasteiger partial charge < -0.3 is 5.32 Å². The monoisotopic (exact) mass is 247 g/mol. The van der Waals surface area contributed by atoms with E-state index in [0.717, 1.165) is 12.2 Å². The van der Waals surface area contributed by atoms with E-state index < -0.39 is 0 Å².